The van der Waals surface area contributed by atoms with Crippen molar-refractivity contribution >= 4 is 11.8 Å². The van der Waals surface area contributed by atoms with E-state index in [0.29, 0.717) is 6.61 Å². The summed E-state index contributed by atoms with van der Waals surface area (Å²) >= 11 is 1.62. The molecular formula is C8H11F3N2OS. The molecule has 15 heavy (non-hydrogen) atoms. The summed E-state index contributed by atoms with van der Waals surface area (Å²) in [6.07, 6.45) is -0.409. The van der Waals surface area contributed by atoms with E-state index >= 15 is 0 Å². The van der Waals surface area contributed by atoms with Gasteiger partial charge in [-0.3, -0.25) is 0 Å². The molecule has 3 nitrogen and oxygen atoms in total. The fourth-order valence-corrected chi connectivity index (χ4v) is 1.17. The Morgan fingerprint density at radius 2 is 2.27 bits per heavy atom. The molecule has 0 aromatic carbocycles. The highest BCUT2D eigenvalue weighted by molar-refractivity contribution is 7.98. The maximum atomic E-state index is 12.1. The van der Waals surface area contributed by atoms with Crippen LogP contribution in [0, 0.1) is 0 Å². The van der Waals surface area contributed by atoms with Crippen molar-refractivity contribution in [1.29, 1.82) is 0 Å². The summed E-state index contributed by atoms with van der Waals surface area (Å²) in [5, 5.41) is 0. The molecule has 0 fully saturated rings. The number of thioether (sulfide) groups is 1. The van der Waals surface area contributed by atoms with Crippen LogP contribution in [0.25, 0.3) is 0 Å². The van der Waals surface area contributed by atoms with Gasteiger partial charge in [0.05, 0.1) is 12.9 Å². The van der Waals surface area contributed by atoms with Crippen molar-refractivity contribution in [2.75, 3.05) is 18.6 Å². The topological polar surface area (TPSA) is 27.1 Å². The second-order valence-corrected chi connectivity index (χ2v) is 3.79. The zero-order valence-electron chi connectivity index (χ0n) is 8.12. The van der Waals surface area contributed by atoms with Crippen LogP contribution in [-0.4, -0.2) is 28.2 Å². The van der Waals surface area contributed by atoms with Gasteiger partial charge in [0.2, 0.25) is 0 Å². The Kier molecular flexibility index (Phi) is 4.46. The highest BCUT2D eigenvalue weighted by Gasteiger charge is 2.33. The predicted octanol–water partition coefficient (Wildman–Crippen LogP) is 2.24. The van der Waals surface area contributed by atoms with E-state index in [-0.39, 0.29) is 6.73 Å². The molecule has 1 heterocycles. The molecule has 0 aliphatic rings. The van der Waals surface area contributed by atoms with E-state index in [2.05, 4.69) is 4.98 Å². The van der Waals surface area contributed by atoms with Gasteiger partial charge in [-0.15, -0.1) is 0 Å². The maximum absolute atomic E-state index is 12.1. The Labute approximate surface area is 89.6 Å². The number of imidazole rings is 1. The third-order valence-corrected chi connectivity index (χ3v) is 2.17. The van der Waals surface area contributed by atoms with Crippen LogP contribution >= 0.6 is 11.8 Å². The van der Waals surface area contributed by atoms with Crippen LogP contribution in [0.5, 0.6) is 0 Å². The number of alkyl halides is 3. The lowest BCUT2D eigenvalue weighted by Gasteiger charge is -2.03. The molecule has 0 amide bonds. The van der Waals surface area contributed by atoms with E-state index < -0.39 is 11.9 Å². The van der Waals surface area contributed by atoms with Gasteiger partial charge in [-0.25, -0.2) is 4.98 Å². The minimum Gasteiger partial charge on any atom is -0.360 e. The van der Waals surface area contributed by atoms with Crippen molar-refractivity contribution in [1.82, 2.24) is 9.55 Å². The maximum Gasteiger partial charge on any atom is 0.434 e. The minimum absolute atomic E-state index is 0.101. The van der Waals surface area contributed by atoms with Gasteiger partial charge in [0.15, 0.2) is 5.69 Å². The first-order valence-corrected chi connectivity index (χ1v) is 5.59. The van der Waals surface area contributed by atoms with Gasteiger partial charge < -0.3 is 9.30 Å². The molecule has 0 bridgehead atoms. The molecule has 0 saturated heterocycles. The van der Waals surface area contributed by atoms with E-state index in [1.807, 2.05) is 6.26 Å². The molecule has 1 aromatic rings. The number of hydrogen-bond acceptors (Lipinski definition) is 3. The van der Waals surface area contributed by atoms with Crippen LogP contribution in [0.2, 0.25) is 0 Å². The molecule has 0 spiro atoms. The van der Waals surface area contributed by atoms with E-state index in [1.54, 1.807) is 11.8 Å². The van der Waals surface area contributed by atoms with Crippen LogP contribution in [0.1, 0.15) is 5.69 Å². The fourth-order valence-electron chi connectivity index (χ4n) is 0.889. The van der Waals surface area contributed by atoms with Gasteiger partial charge in [0, 0.05) is 11.9 Å². The predicted molar refractivity (Wildman–Crippen MR) is 51.6 cm³/mol. The molecule has 0 aliphatic carbocycles. The van der Waals surface area contributed by atoms with Gasteiger partial charge in [-0.2, -0.15) is 24.9 Å². The summed E-state index contributed by atoms with van der Waals surface area (Å²) in [6.45, 7) is 0.615. The molecule has 1 rings (SSSR count). The van der Waals surface area contributed by atoms with Crippen molar-refractivity contribution in [3.8, 4) is 0 Å². The Bertz CT molecular complexity index is 300. The smallest absolute Gasteiger partial charge is 0.360 e. The molecule has 0 atom stereocenters. The van der Waals surface area contributed by atoms with Gasteiger partial charge >= 0.3 is 6.18 Å². The monoisotopic (exact) mass is 240 g/mol. The number of nitrogens with zero attached hydrogens (tertiary/aromatic N) is 2. The zero-order valence-corrected chi connectivity index (χ0v) is 8.94. The highest BCUT2D eigenvalue weighted by atomic mass is 32.2. The first-order chi connectivity index (χ1) is 7.04. The van der Waals surface area contributed by atoms with Crippen molar-refractivity contribution in [2.24, 2.45) is 0 Å². The third kappa shape index (κ3) is 4.13. The lowest BCUT2D eigenvalue weighted by molar-refractivity contribution is -0.141. The van der Waals surface area contributed by atoms with Gasteiger partial charge in [0.1, 0.15) is 6.73 Å². The molecule has 0 unspecified atom stereocenters. The largest absolute Gasteiger partial charge is 0.434 e. The Balaban J connectivity index is 2.40. The van der Waals surface area contributed by atoms with Crippen molar-refractivity contribution in [2.45, 2.75) is 12.9 Å². The number of aromatic nitrogens is 2. The summed E-state index contributed by atoms with van der Waals surface area (Å²) in [5.74, 6) is 0.820. The van der Waals surface area contributed by atoms with Crippen LogP contribution < -0.4 is 0 Å². The zero-order chi connectivity index (χ0) is 11.3. The number of hydrogen-bond donors (Lipinski definition) is 0. The Hall–Kier alpha value is -0.690. The van der Waals surface area contributed by atoms with Gasteiger partial charge in [0.25, 0.3) is 0 Å². The summed E-state index contributed by atoms with van der Waals surface area (Å²) in [6, 6.07) is 0. The first-order valence-electron chi connectivity index (χ1n) is 4.19. The second-order valence-electron chi connectivity index (χ2n) is 2.80. The molecule has 1 aromatic heterocycles. The van der Waals surface area contributed by atoms with Crippen LogP contribution in [0.4, 0.5) is 13.2 Å². The second kappa shape index (κ2) is 5.41. The van der Waals surface area contributed by atoms with Crippen molar-refractivity contribution < 1.29 is 17.9 Å². The van der Waals surface area contributed by atoms with E-state index in [4.69, 9.17) is 4.74 Å². The van der Waals surface area contributed by atoms with Gasteiger partial charge in [-0.05, 0) is 6.26 Å². The third-order valence-electron chi connectivity index (χ3n) is 1.60. The molecule has 0 radical (unpaired) electrons. The van der Waals surface area contributed by atoms with Crippen LogP contribution in [0.15, 0.2) is 12.5 Å². The number of rotatable bonds is 5. The first kappa shape index (κ1) is 12.4. The molecule has 0 N–H and O–H groups in total. The summed E-state index contributed by atoms with van der Waals surface area (Å²) in [5.41, 5.74) is -0.893. The minimum atomic E-state index is -4.38. The van der Waals surface area contributed by atoms with E-state index in [1.165, 1.54) is 4.57 Å². The van der Waals surface area contributed by atoms with Crippen molar-refractivity contribution in [3.63, 3.8) is 0 Å². The van der Waals surface area contributed by atoms with Crippen molar-refractivity contribution in [3.05, 3.63) is 18.2 Å². The average Bonchev–Trinajstić information content (AvgIpc) is 2.60. The molecule has 7 heteroatoms. The number of ether oxygens (including phenoxy) is 1. The lowest BCUT2D eigenvalue weighted by Crippen LogP contribution is -2.06. The van der Waals surface area contributed by atoms with E-state index in [9.17, 15) is 13.2 Å². The standard InChI is InChI=1S/C8H11F3N2OS/c1-15-3-2-14-6-13-4-7(12-5-13)8(9,10)11/h4-5H,2-3,6H2,1H3. The lowest BCUT2D eigenvalue weighted by atomic mass is 10.5. The molecule has 86 valence electrons. The number of halogens is 3. The van der Waals surface area contributed by atoms with Gasteiger partial charge in [-0.1, -0.05) is 0 Å². The summed E-state index contributed by atoms with van der Waals surface area (Å²) < 4.78 is 42.8. The molecule has 0 saturated carbocycles. The Morgan fingerprint density at radius 3 is 2.80 bits per heavy atom. The Morgan fingerprint density at radius 1 is 1.53 bits per heavy atom. The molecular weight excluding hydrogens is 229 g/mol. The summed E-state index contributed by atoms with van der Waals surface area (Å²) in [7, 11) is 0. The fraction of sp³-hybridized carbons (Fsp3) is 0.625. The SMILES string of the molecule is CSCCOCn1cnc(C(F)(F)F)c1. The van der Waals surface area contributed by atoms with Crippen LogP contribution in [-0.2, 0) is 17.6 Å². The normalized spacial score (nSPS) is 12.0. The van der Waals surface area contributed by atoms with E-state index in [0.717, 1.165) is 18.3 Å². The average molecular weight is 240 g/mol. The van der Waals surface area contributed by atoms with Crippen LogP contribution in [0.3, 0.4) is 0 Å². The quantitative estimate of drug-likeness (QED) is 0.738. The molecule has 0 aliphatic heterocycles. The highest BCUT2D eigenvalue weighted by Crippen LogP contribution is 2.27. The summed E-state index contributed by atoms with van der Waals surface area (Å²) in [4.78, 5) is 3.24.